The maximum absolute atomic E-state index is 11.0. The molecule has 1 saturated heterocycles. The number of carboxylic acid groups (broad SMARTS) is 1. The summed E-state index contributed by atoms with van der Waals surface area (Å²) in [5, 5.41) is 18.7. The van der Waals surface area contributed by atoms with E-state index in [9.17, 15) is 9.90 Å². The summed E-state index contributed by atoms with van der Waals surface area (Å²) in [6, 6.07) is -0.775. The SMILES string of the molecule is O=C(O)C1CC(O)CN1c1cncc(Cl)n1. The average Bonchev–Trinajstić information content (AvgIpc) is 2.60. The van der Waals surface area contributed by atoms with Gasteiger partial charge in [-0.15, -0.1) is 0 Å². The van der Waals surface area contributed by atoms with Crippen LogP contribution in [0.1, 0.15) is 6.42 Å². The zero-order valence-electron chi connectivity index (χ0n) is 8.25. The summed E-state index contributed by atoms with van der Waals surface area (Å²) < 4.78 is 0. The molecule has 16 heavy (non-hydrogen) atoms. The van der Waals surface area contributed by atoms with Crippen LogP contribution < -0.4 is 4.90 Å². The molecule has 2 unspecified atom stereocenters. The summed E-state index contributed by atoms with van der Waals surface area (Å²) in [5.41, 5.74) is 0. The van der Waals surface area contributed by atoms with Crippen LogP contribution in [-0.4, -0.2) is 44.8 Å². The van der Waals surface area contributed by atoms with Crippen LogP contribution in [0.3, 0.4) is 0 Å². The number of aliphatic hydroxyl groups excluding tert-OH is 1. The molecular weight excluding hydrogens is 234 g/mol. The highest BCUT2D eigenvalue weighted by molar-refractivity contribution is 6.29. The standard InChI is InChI=1S/C9H10ClN3O3/c10-7-2-11-3-8(12-7)13-4-5(14)1-6(13)9(15)16/h2-3,5-6,14H,1,4H2,(H,15,16). The Morgan fingerprint density at radius 3 is 2.94 bits per heavy atom. The second-order valence-corrected chi connectivity index (χ2v) is 3.98. The summed E-state index contributed by atoms with van der Waals surface area (Å²) in [6.45, 7) is 0.228. The first-order valence-corrected chi connectivity index (χ1v) is 5.11. The van der Waals surface area contributed by atoms with Crippen molar-refractivity contribution in [2.24, 2.45) is 0 Å². The number of halogens is 1. The number of anilines is 1. The van der Waals surface area contributed by atoms with Crippen LogP contribution in [0.25, 0.3) is 0 Å². The molecule has 2 heterocycles. The lowest BCUT2D eigenvalue weighted by Crippen LogP contribution is -2.36. The van der Waals surface area contributed by atoms with Gasteiger partial charge in [-0.25, -0.2) is 9.78 Å². The molecule has 0 amide bonds. The molecule has 0 aliphatic carbocycles. The largest absolute Gasteiger partial charge is 0.480 e. The lowest BCUT2D eigenvalue weighted by atomic mass is 10.2. The van der Waals surface area contributed by atoms with E-state index in [0.717, 1.165) is 0 Å². The number of nitrogens with zero attached hydrogens (tertiary/aromatic N) is 3. The van der Waals surface area contributed by atoms with E-state index < -0.39 is 18.1 Å². The third kappa shape index (κ3) is 2.07. The predicted molar refractivity (Wildman–Crippen MR) is 56.4 cm³/mol. The van der Waals surface area contributed by atoms with Crippen LogP contribution in [0.15, 0.2) is 12.4 Å². The van der Waals surface area contributed by atoms with Gasteiger partial charge >= 0.3 is 5.97 Å². The number of aromatic nitrogens is 2. The van der Waals surface area contributed by atoms with E-state index in [2.05, 4.69) is 9.97 Å². The normalized spacial score (nSPS) is 24.8. The second-order valence-electron chi connectivity index (χ2n) is 3.60. The molecule has 0 aromatic carbocycles. The minimum absolute atomic E-state index is 0.184. The van der Waals surface area contributed by atoms with E-state index >= 15 is 0 Å². The van der Waals surface area contributed by atoms with Gasteiger partial charge in [0.1, 0.15) is 17.0 Å². The van der Waals surface area contributed by atoms with Crippen LogP contribution in [0.2, 0.25) is 5.15 Å². The quantitative estimate of drug-likeness (QED) is 0.769. The Hall–Kier alpha value is -1.40. The molecule has 1 fully saturated rings. The van der Waals surface area contributed by atoms with Gasteiger partial charge in [-0.3, -0.25) is 4.98 Å². The number of hydrogen-bond acceptors (Lipinski definition) is 5. The summed E-state index contributed by atoms with van der Waals surface area (Å²) >= 11 is 5.68. The molecule has 2 N–H and O–H groups in total. The Morgan fingerprint density at radius 1 is 1.56 bits per heavy atom. The van der Waals surface area contributed by atoms with Crippen molar-refractivity contribution in [2.75, 3.05) is 11.4 Å². The van der Waals surface area contributed by atoms with E-state index in [1.165, 1.54) is 17.3 Å². The zero-order chi connectivity index (χ0) is 11.7. The Labute approximate surface area is 96.5 Å². The highest BCUT2D eigenvalue weighted by Gasteiger charge is 2.36. The molecule has 1 aromatic rings. The zero-order valence-corrected chi connectivity index (χ0v) is 9.00. The van der Waals surface area contributed by atoms with Gasteiger partial charge in [-0.1, -0.05) is 11.6 Å². The van der Waals surface area contributed by atoms with Crippen molar-refractivity contribution < 1.29 is 15.0 Å². The topological polar surface area (TPSA) is 86.5 Å². The third-order valence-corrected chi connectivity index (χ3v) is 2.63. The van der Waals surface area contributed by atoms with Crippen molar-refractivity contribution in [3.63, 3.8) is 0 Å². The van der Waals surface area contributed by atoms with Gasteiger partial charge in [-0.2, -0.15) is 0 Å². The van der Waals surface area contributed by atoms with Crippen molar-refractivity contribution in [1.82, 2.24) is 9.97 Å². The van der Waals surface area contributed by atoms with Crippen LogP contribution in [0.5, 0.6) is 0 Å². The Kier molecular flexibility index (Phi) is 2.93. The fraction of sp³-hybridized carbons (Fsp3) is 0.444. The predicted octanol–water partition coefficient (Wildman–Crippen LogP) is 0.154. The van der Waals surface area contributed by atoms with Crippen molar-refractivity contribution in [2.45, 2.75) is 18.6 Å². The molecule has 7 heteroatoms. The monoisotopic (exact) mass is 243 g/mol. The van der Waals surface area contributed by atoms with Gasteiger partial charge in [0.15, 0.2) is 0 Å². The summed E-state index contributed by atoms with van der Waals surface area (Å²) in [5.74, 6) is -0.616. The average molecular weight is 244 g/mol. The van der Waals surface area contributed by atoms with E-state index in [1.54, 1.807) is 0 Å². The molecule has 0 saturated carbocycles. The molecule has 86 valence electrons. The van der Waals surface area contributed by atoms with Crippen molar-refractivity contribution in [1.29, 1.82) is 0 Å². The summed E-state index contributed by atoms with van der Waals surface area (Å²) in [6.07, 6.45) is 2.32. The fourth-order valence-electron chi connectivity index (χ4n) is 1.77. The van der Waals surface area contributed by atoms with Gasteiger partial charge in [0, 0.05) is 13.0 Å². The van der Waals surface area contributed by atoms with Gasteiger partial charge in [0.2, 0.25) is 0 Å². The van der Waals surface area contributed by atoms with Crippen molar-refractivity contribution >= 4 is 23.4 Å². The highest BCUT2D eigenvalue weighted by Crippen LogP contribution is 2.24. The molecule has 6 nitrogen and oxygen atoms in total. The maximum atomic E-state index is 11.0. The van der Waals surface area contributed by atoms with Crippen LogP contribution in [-0.2, 0) is 4.79 Å². The maximum Gasteiger partial charge on any atom is 0.326 e. The second kappa shape index (κ2) is 4.23. The van der Waals surface area contributed by atoms with Crippen molar-refractivity contribution in [3.8, 4) is 0 Å². The number of carboxylic acids is 1. The number of β-amino-alcohol motifs (C(OH)–C–C–N with tert-alkyl or cyclic N) is 1. The van der Waals surface area contributed by atoms with Gasteiger partial charge in [0.25, 0.3) is 0 Å². The lowest BCUT2D eigenvalue weighted by Gasteiger charge is -2.21. The smallest absolute Gasteiger partial charge is 0.326 e. The van der Waals surface area contributed by atoms with E-state index in [0.29, 0.717) is 5.82 Å². The lowest BCUT2D eigenvalue weighted by molar-refractivity contribution is -0.138. The Morgan fingerprint density at radius 2 is 2.31 bits per heavy atom. The summed E-state index contributed by atoms with van der Waals surface area (Å²) in [7, 11) is 0. The molecule has 1 aliphatic heterocycles. The molecule has 1 aromatic heterocycles. The van der Waals surface area contributed by atoms with Crippen LogP contribution >= 0.6 is 11.6 Å². The minimum Gasteiger partial charge on any atom is -0.480 e. The number of aliphatic hydroxyl groups is 1. The Bertz CT molecular complexity index is 415. The molecule has 2 atom stereocenters. The van der Waals surface area contributed by atoms with Crippen LogP contribution in [0, 0.1) is 0 Å². The molecule has 0 spiro atoms. The number of aliphatic carboxylic acids is 1. The van der Waals surface area contributed by atoms with E-state index in [1.807, 2.05) is 0 Å². The first-order valence-electron chi connectivity index (χ1n) is 4.73. The van der Waals surface area contributed by atoms with Crippen LogP contribution in [0.4, 0.5) is 5.82 Å². The van der Waals surface area contributed by atoms with E-state index in [4.69, 9.17) is 16.7 Å². The first-order chi connectivity index (χ1) is 7.58. The number of carbonyl (C=O) groups is 1. The fourth-order valence-corrected chi connectivity index (χ4v) is 1.92. The van der Waals surface area contributed by atoms with Gasteiger partial charge in [0.05, 0.1) is 18.5 Å². The first kappa shape index (κ1) is 11.1. The molecule has 2 rings (SSSR count). The highest BCUT2D eigenvalue weighted by atomic mass is 35.5. The molecule has 1 aliphatic rings. The number of hydrogen-bond donors (Lipinski definition) is 2. The molecule has 0 bridgehead atoms. The molecular formula is C9H10ClN3O3. The summed E-state index contributed by atoms with van der Waals surface area (Å²) in [4.78, 5) is 20.3. The van der Waals surface area contributed by atoms with Gasteiger partial charge in [-0.05, 0) is 0 Å². The van der Waals surface area contributed by atoms with Crippen molar-refractivity contribution in [3.05, 3.63) is 17.5 Å². The van der Waals surface area contributed by atoms with Gasteiger partial charge < -0.3 is 15.1 Å². The van der Waals surface area contributed by atoms with E-state index in [-0.39, 0.29) is 18.1 Å². The minimum atomic E-state index is -0.988. The third-order valence-electron chi connectivity index (χ3n) is 2.45. The molecule has 0 radical (unpaired) electrons. The number of rotatable bonds is 2. The Balaban J connectivity index is 2.28.